The van der Waals surface area contributed by atoms with Gasteiger partial charge < -0.3 is 15.8 Å². The highest BCUT2D eigenvalue weighted by Gasteiger charge is 2.28. The van der Waals surface area contributed by atoms with Gasteiger partial charge in [-0.3, -0.25) is 9.69 Å². The molecule has 1 aliphatic heterocycles. The highest BCUT2D eigenvalue weighted by molar-refractivity contribution is 5.75. The first-order chi connectivity index (χ1) is 8.06. The van der Waals surface area contributed by atoms with Gasteiger partial charge in [0, 0.05) is 31.6 Å². The Balaban J connectivity index is 2.29. The highest BCUT2D eigenvalue weighted by Crippen LogP contribution is 2.15. The van der Waals surface area contributed by atoms with E-state index in [1.54, 1.807) is 0 Å². The molecule has 5 heteroatoms. The number of carbonyl (C=O) groups is 1. The fraction of sp³-hybridized carbons (Fsp3) is 0.917. The molecule has 0 unspecified atom stereocenters. The Morgan fingerprint density at radius 2 is 2.06 bits per heavy atom. The quantitative estimate of drug-likeness (QED) is 0.686. The summed E-state index contributed by atoms with van der Waals surface area (Å²) >= 11 is 0. The summed E-state index contributed by atoms with van der Waals surface area (Å²) in [5, 5.41) is 2.98. The topological polar surface area (TPSA) is 67.6 Å². The predicted molar refractivity (Wildman–Crippen MR) is 67.8 cm³/mol. The Morgan fingerprint density at radius 3 is 2.65 bits per heavy atom. The third kappa shape index (κ3) is 5.02. The van der Waals surface area contributed by atoms with Gasteiger partial charge in [0.05, 0.1) is 13.2 Å². The van der Waals surface area contributed by atoms with Gasteiger partial charge in [-0.1, -0.05) is 0 Å². The molecular formula is C12H25N3O2. The van der Waals surface area contributed by atoms with Gasteiger partial charge in [-0.2, -0.15) is 0 Å². The maximum Gasteiger partial charge on any atom is 0.220 e. The number of hydrogen-bond donors (Lipinski definition) is 2. The molecule has 0 radical (unpaired) electrons. The molecule has 1 saturated heterocycles. The maximum absolute atomic E-state index is 11.5. The Bertz CT molecular complexity index is 238. The molecule has 0 aromatic heterocycles. The molecule has 0 aromatic carbocycles. The summed E-state index contributed by atoms with van der Waals surface area (Å²) in [5.74, 6) is 0.0942. The molecule has 1 amide bonds. The van der Waals surface area contributed by atoms with Crippen molar-refractivity contribution in [1.29, 1.82) is 0 Å². The standard InChI is InChI=1S/C12H25N3O2/c1-12(2,15-6-8-17-9-7-15)10-14-11(16)4-3-5-13/h3-10,13H2,1-2H3,(H,14,16). The van der Waals surface area contributed by atoms with Crippen molar-refractivity contribution in [2.75, 3.05) is 39.4 Å². The normalized spacial score (nSPS) is 18.1. The monoisotopic (exact) mass is 243 g/mol. The van der Waals surface area contributed by atoms with Crippen molar-refractivity contribution < 1.29 is 9.53 Å². The minimum Gasteiger partial charge on any atom is -0.379 e. The van der Waals surface area contributed by atoms with Gasteiger partial charge in [-0.15, -0.1) is 0 Å². The summed E-state index contributed by atoms with van der Waals surface area (Å²) in [6.07, 6.45) is 1.28. The van der Waals surface area contributed by atoms with Gasteiger partial charge in [0.25, 0.3) is 0 Å². The molecule has 0 bridgehead atoms. The van der Waals surface area contributed by atoms with Gasteiger partial charge in [-0.25, -0.2) is 0 Å². The number of morpholine rings is 1. The van der Waals surface area contributed by atoms with Crippen molar-refractivity contribution in [2.24, 2.45) is 5.73 Å². The van der Waals surface area contributed by atoms with E-state index in [9.17, 15) is 4.79 Å². The van der Waals surface area contributed by atoms with Crippen molar-refractivity contribution >= 4 is 5.91 Å². The Kier molecular flexibility index (Phi) is 5.88. The predicted octanol–water partition coefficient (Wildman–Crippen LogP) is -0.0477. The second-order valence-corrected chi connectivity index (χ2v) is 5.08. The molecule has 0 aliphatic carbocycles. The number of carbonyl (C=O) groups excluding carboxylic acids is 1. The molecule has 1 aliphatic rings. The van der Waals surface area contributed by atoms with Crippen LogP contribution in [0, 0.1) is 0 Å². The molecular weight excluding hydrogens is 218 g/mol. The minimum atomic E-state index is -0.0118. The van der Waals surface area contributed by atoms with Crippen molar-refractivity contribution in [1.82, 2.24) is 10.2 Å². The van der Waals surface area contributed by atoms with Crippen LogP contribution in [0.15, 0.2) is 0 Å². The highest BCUT2D eigenvalue weighted by atomic mass is 16.5. The molecule has 0 saturated carbocycles. The molecule has 17 heavy (non-hydrogen) atoms. The first kappa shape index (κ1) is 14.4. The molecule has 1 rings (SSSR count). The van der Waals surface area contributed by atoms with Crippen LogP contribution in [-0.4, -0.2) is 55.7 Å². The lowest BCUT2D eigenvalue weighted by Crippen LogP contribution is -2.55. The van der Waals surface area contributed by atoms with Crippen LogP contribution < -0.4 is 11.1 Å². The van der Waals surface area contributed by atoms with Crippen LogP contribution in [0.3, 0.4) is 0 Å². The van der Waals surface area contributed by atoms with Crippen molar-refractivity contribution in [3.8, 4) is 0 Å². The first-order valence-electron chi connectivity index (χ1n) is 6.36. The molecule has 0 aromatic rings. The molecule has 1 heterocycles. The molecule has 0 atom stereocenters. The number of amides is 1. The van der Waals surface area contributed by atoms with Crippen LogP contribution in [0.1, 0.15) is 26.7 Å². The molecule has 100 valence electrons. The average Bonchev–Trinajstić information content (AvgIpc) is 2.35. The maximum atomic E-state index is 11.5. The summed E-state index contributed by atoms with van der Waals surface area (Å²) in [7, 11) is 0. The number of nitrogens with two attached hydrogens (primary N) is 1. The first-order valence-corrected chi connectivity index (χ1v) is 6.36. The van der Waals surface area contributed by atoms with E-state index in [2.05, 4.69) is 24.1 Å². The van der Waals surface area contributed by atoms with E-state index in [1.165, 1.54) is 0 Å². The second-order valence-electron chi connectivity index (χ2n) is 5.08. The lowest BCUT2D eigenvalue weighted by molar-refractivity contribution is -0.122. The number of ether oxygens (including phenoxy) is 1. The van der Waals surface area contributed by atoms with E-state index in [0.717, 1.165) is 32.7 Å². The largest absolute Gasteiger partial charge is 0.379 e. The van der Waals surface area contributed by atoms with Crippen LogP contribution in [0.4, 0.5) is 0 Å². The zero-order valence-corrected chi connectivity index (χ0v) is 11.0. The van der Waals surface area contributed by atoms with Gasteiger partial charge in [0.2, 0.25) is 5.91 Å². The summed E-state index contributed by atoms with van der Waals surface area (Å²) < 4.78 is 5.33. The van der Waals surface area contributed by atoms with Gasteiger partial charge in [0.1, 0.15) is 0 Å². The number of hydrogen-bond acceptors (Lipinski definition) is 4. The van der Waals surface area contributed by atoms with Gasteiger partial charge >= 0.3 is 0 Å². The van der Waals surface area contributed by atoms with Crippen LogP contribution >= 0.6 is 0 Å². The van der Waals surface area contributed by atoms with Crippen LogP contribution in [0.2, 0.25) is 0 Å². The summed E-state index contributed by atoms with van der Waals surface area (Å²) in [5.41, 5.74) is 5.36. The van der Waals surface area contributed by atoms with Crippen molar-refractivity contribution in [3.63, 3.8) is 0 Å². The van der Waals surface area contributed by atoms with Gasteiger partial charge in [-0.05, 0) is 26.8 Å². The molecule has 1 fully saturated rings. The van der Waals surface area contributed by atoms with E-state index in [1.807, 2.05) is 0 Å². The Morgan fingerprint density at radius 1 is 1.41 bits per heavy atom. The smallest absolute Gasteiger partial charge is 0.220 e. The third-order valence-electron chi connectivity index (χ3n) is 3.19. The molecule has 3 N–H and O–H groups in total. The third-order valence-corrected chi connectivity index (χ3v) is 3.19. The Hall–Kier alpha value is -0.650. The zero-order valence-electron chi connectivity index (χ0n) is 11.0. The van der Waals surface area contributed by atoms with Gasteiger partial charge in [0.15, 0.2) is 0 Å². The number of nitrogens with zero attached hydrogens (tertiary/aromatic N) is 1. The SMILES string of the molecule is CC(C)(CNC(=O)CCCN)N1CCOCC1. The number of rotatable bonds is 6. The lowest BCUT2D eigenvalue weighted by atomic mass is 10.0. The van der Waals surface area contributed by atoms with E-state index < -0.39 is 0 Å². The van der Waals surface area contributed by atoms with Crippen LogP contribution in [-0.2, 0) is 9.53 Å². The lowest BCUT2D eigenvalue weighted by Gasteiger charge is -2.40. The fourth-order valence-corrected chi connectivity index (χ4v) is 1.95. The summed E-state index contributed by atoms with van der Waals surface area (Å²) in [6, 6.07) is 0. The zero-order chi connectivity index (χ0) is 12.7. The van der Waals surface area contributed by atoms with Crippen molar-refractivity contribution in [3.05, 3.63) is 0 Å². The number of nitrogens with one attached hydrogen (secondary N) is 1. The van der Waals surface area contributed by atoms with Crippen LogP contribution in [0.5, 0.6) is 0 Å². The van der Waals surface area contributed by atoms with Crippen LogP contribution in [0.25, 0.3) is 0 Å². The second kappa shape index (κ2) is 6.93. The summed E-state index contributed by atoms with van der Waals surface area (Å²) in [4.78, 5) is 13.9. The van der Waals surface area contributed by atoms with E-state index >= 15 is 0 Å². The van der Waals surface area contributed by atoms with E-state index in [4.69, 9.17) is 10.5 Å². The summed E-state index contributed by atoms with van der Waals surface area (Å²) in [6.45, 7) is 8.99. The van der Waals surface area contributed by atoms with E-state index in [0.29, 0.717) is 19.5 Å². The van der Waals surface area contributed by atoms with E-state index in [-0.39, 0.29) is 11.4 Å². The fourth-order valence-electron chi connectivity index (χ4n) is 1.95. The molecule has 0 spiro atoms. The van der Waals surface area contributed by atoms with Crippen molar-refractivity contribution in [2.45, 2.75) is 32.2 Å². The molecule has 5 nitrogen and oxygen atoms in total. The Labute approximate surface area is 104 Å². The average molecular weight is 243 g/mol. The minimum absolute atomic E-state index is 0.0118.